The first-order valence-electron chi connectivity index (χ1n) is 11.3. The van der Waals surface area contributed by atoms with Gasteiger partial charge in [0.25, 0.3) is 0 Å². The molecule has 0 bridgehead atoms. The number of aromatic nitrogens is 3. The molecular weight excluding hydrogens is 398 g/mol. The smallest absolute Gasteiger partial charge is 0.192 e. The molecule has 32 heavy (non-hydrogen) atoms. The van der Waals surface area contributed by atoms with Crippen molar-refractivity contribution in [2.24, 2.45) is 12.0 Å². The van der Waals surface area contributed by atoms with Crippen LogP contribution < -0.4 is 10.6 Å². The van der Waals surface area contributed by atoms with Gasteiger partial charge in [0.15, 0.2) is 11.8 Å². The fourth-order valence-electron chi connectivity index (χ4n) is 3.69. The molecule has 3 rings (SSSR count). The number of guanidine groups is 1. The fraction of sp³-hybridized carbons (Fsp3) is 0.400. The van der Waals surface area contributed by atoms with Gasteiger partial charge in [0.2, 0.25) is 0 Å². The third-order valence-electron chi connectivity index (χ3n) is 5.76. The minimum absolute atomic E-state index is 0.256. The van der Waals surface area contributed by atoms with Crippen molar-refractivity contribution in [2.45, 2.75) is 39.9 Å². The summed E-state index contributed by atoms with van der Waals surface area (Å²) in [6.07, 6.45) is 0. The normalized spacial score (nSPS) is 12.7. The largest absolute Gasteiger partial charge is 0.354 e. The molecule has 0 aliphatic heterocycles. The lowest BCUT2D eigenvalue weighted by atomic mass is 10.1. The average molecular weight is 434 g/mol. The van der Waals surface area contributed by atoms with Crippen molar-refractivity contribution >= 4 is 5.96 Å². The van der Waals surface area contributed by atoms with E-state index in [1.165, 1.54) is 11.1 Å². The number of likely N-dealkylation sites (N-methyl/N-ethyl adjacent to an activating group) is 1. The van der Waals surface area contributed by atoms with Crippen LogP contribution >= 0.6 is 0 Å². The quantitative estimate of drug-likeness (QED) is 0.379. The van der Waals surface area contributed by atoms with Crippen molar-refractivity contribution in [1.29, 1.82) is 0 Å². The maximum atomic E-state index is 4.84. The summed E-state index contributed by atoms with van der Waals surface area (Å²) in [5.41, 5.74) is 2.47. The first kappa shape index (κ1) is 23.5. The lowest BCUT2D eigenvalue weighted by molar-refractivity contribution is 0.219. The second-order valence-electron chi connectivity index (χ2n) is 7.76. The minimum Gasteiger partial charge on any atom is -0.354 e. The number of rotatable bonds is 10. The molecule has 0 saturated carbocycles. The van der Waals surface area contributed by atoms with Crippen LogP contribution in [-0.4, -0.2) is 45.3 Å². The second-order valence-corrected chi connectivity index (χ2v) is 7.76. The predicted octanol–water partition coefficient (Wildman–Crippen LogP) is 3.44. The van der Waals surface area contributed by atoms with Crippen molar-refractivity contribution in [2.75, 3.05) is 19.6 Å². The van der Waals surface area contributed by atoms with Crippen LogP contribution in [0.1, 0.15) is 42.7 Å². The van der Waals surface area contributed by atoms with Gasteiger partial charge in [0.1, 0.15) is 5.82 Å². The van der Waals surface area contributed by atoms with Crippen molar-refractivity contribution in [3.05, 3.63) is 83.4 Å². The van der Waals surface area contributed by atoms with Gasteiger partial charge >= 0.3 is 0 Å². The molecule has 1 atom stereocenters. The highest BCUT2D eigenvalue weighted by Crippen LogP contribution is 2.19. The molecule has 0 spiro atoms. The molecule has 2 aromatic carbocycles. The van der Waals surface area contributed by atoms with Crippen molar-refractivity contribution < 1.29 is 0 Å². The molecule has 1 aromatic heterocycles. The number of aryl methyl sites for hydroxylation is 1. The van der Waals surface area contributed by atoms with Gasteiger partial charge in [-0.1, -0.05) is 74.5 Å². The van der Waals surface area contributed by atoms with Gasteiger partial charge in [-0.3, -0.25) is 4.90 Å². The Bertz CT molecular complexity index is 962. The Morgan fingerprint density at radius 1 is 0.969 bits per heavy atom. The predicted molar refractivity (Wildman–Crippen MR) is 130 cm³/mol. The Kier molecular flexibility index (Phi) is 8.80. The first-order valence-corrected chi connectivity index (χ1v) is 11.3. The maximum absolute atomic E-state index is 4.84. The lowest BCUT2D eigenvalue weighted by Gasteiger charge is -2.31. The zero-order valence-corrected chi connectivity index (χ0v) is 19.6. The molecule has 3 aromatic rings. The molecule has 0 aliphatic rings. The highest BCUT2D eigenvalue weighted by atomic mass is 15.3. The number of aliphatic imine (C=N–C) groups is 1. The van der Waals surface area contributed by atoms with Gasteiger partial charge in [-0.25, -0.2) is 4.99 Å². The molecule has 0 aliphatic carbocycles. The Hall–Kier alpha value is -3.19. The van der Waals surface area contributed by atoms with Gasteiger partial charge in [-0.05, 0) is 31.1 Å². The average Bonchev–Trinajstić information content (AvgIpc) is 3.16. The van der Waals surface area contributed by atoms with Gasteiger partial charge in [0.05, 0.1) is 19.1 Å². The minimum atomic E-state index is 0.256. The third-order valence-corrected chi connectivity index (χ3v) is 5.76. The van der Waals surface area contributed by atoms with E-state index in [4.69, 9.17) is 4.99 Å². The zero-order chi connectivity index (χ0) is 22.8. The maximum Gasteiger partial charge on any atom is 0.192 e. The lowest BCUT2D eigenvalue weighted by Crippen LogP contribution is -2.43. The van der Waals surface area contributed by atoms with E-state index >= 15 is 0 Å². The van der Waals surface area contributed by atoms with E-state index in [2.05, 4.69) is 82.0 Å². The van der Waals surface area contributed by atoms with Crippen molar-refractivity contribution in [1.82, 2.24) is 30.3 Å². The van der Waals surface area contributed by atoms with Crippen molar-refractivity contribution in [3.63, 3.8) is 0 Å². The molecule has 1 unspecified atom stereocenters. The number of nitrogens with one attached hydrogen (secondary N) is 2. The molecule has 1 heterocycles. The standard InChI is InChI=1S/C25H35N7/c1-5-32(6-2)23(22-15-11-8-12-16-22)18-27-25(26-17-21-13-9-7-10-14-21)28-19-24-30-29-20(3)31(24)4/h7-16,23H,5-6,17-19H2,1-4H3,(H2,26,27,28). The SMILES string of the molecule is CCN(CC)C(CNC(=NCc1ccccc1)NCc1nnc(C)n1C)c1ccccc1. The van der Waals surface area contributed by atoms with Crippen LogP contribution in [0.5, 0.6) is 0 Å². The number of hydrogen-bond acceptors (Lipinski definition) is 4. The van der Waals surface area contributed by atoms with E-state index in [9.17, 15) is 0 Å². The van der Waals surface area contributed by atoms with Crippen LogP contribution in [0.15, 0.2) is 65.7 Å². The third kappa shape index (κ3) is 6.40. The molecule has 7 nitrogen and oxygen atoms in total. The molecule has 0 fully saturated rings. The van der Waals surface area contributed by atoms with Crippen LogP contribution in [0.3, 0.4) is 0 Å². The molecule has 2 N–H and O–H groups in total. The summed E-state index contributed by atoms with van der Waals surface area (Å²) in [7, 11) is 1.98. The Morgan fingerprint density at radius 3 is 2.22 bits per heavy atom. The highest BCUT2D eigenvalue weighted by Gasteiger charge is 2.18. The van der Waals surface area contributed by atoms with Gasteiger partial charge in [-0.2, -0.15) is 0 Å². The van der Waals surface area contributed by atoms with E-state index < -0.39 is 0 Å². The molecule has 170 valence electrons. The summed E-state index contributed by atoms with van der Waals surface area (Å²) in [4.78, 5) is 7.30. The number of hydrogen-bond donors (Lipinski definition) is 2. The Labute approximate surface area is 191 Å². The zero-order valence-electron chi connectivity index (χ0n) is 19.6. The Balaban J connectivity index is 1.75. The first-order chi connectivity index (χ1) is 15.6. The van der Waals surface area contributed by atoms with Crippen LogP contribution in [0.4, 0.5) is 0 Å². The van der Waals surface area contributed by atoms with Gasteiger partial charge < -0.3 is 15.2 Å². The van der Waals surface area contributed by atoms with E-state index in [-0.39, 0.29) is 6.04 Å². The van der Waals surface area contributed by atoms with Crippen LogP contribution in [-0.2, 0) is 20.1 Å². The van der Waals surface area contributed by atoms with Crippen LogP contribution in [0.25, 0.3) is 0 Å². The highest BCUT2D eigenvalue weighted by molar-refractivity contribution is 5.79. The summed E-state index contributed by atoms with van der Waals surface area (Å²) in [5.74, 6) is 2.53. The van der Waals surface area contributed by atoms with Crippen molar-refractivity contribution in [3.8, 4) is 0 Å². The van der Waals surface area contributed by atoms with E-state index in [0.29, 0.717) is 13.1 Å². The molecular formula is C25H35N7. The van der Waals surface area contributed by atoms with E-state index in [1.807, 2.05) is 36.7 Å². The summed E-state index contributed by atoms with van der Waals surface area (Å²) in [6.45, 7) is 10.3. The monoisotopic (exact) mass is 433 g/mol. The molecule has 0 radical (unpaired) electrons. The van der Waals surface area contributed by atoms with Crippen LogP contribution in [0, 0.1) is 6.92 Å². The van der Waals surface area contributed by atoms with E-state index in [1.54, 1.807) is 0 Å². The van der Waals surface area contributed by atoms with Gasteiger partial charge in [0, 0.05) is 13.6 Å². The Morgan fingerprint density at radius 2 is 1.62 bits per heavy atom. The number of nitrogens with zero attached hydrogens (tertiary/aromatic N) is 5. The fourth-order valence-corrected chi connectivity index (χ4v) is 3.69. The van der Waals surface area contributed by atoms with E-state index in [0.717, 1.165) is 37.2 Å². The summed E-state index contributed by atoms with van der Waals surface area (Å²) in [5, 5.41) is 15.4. The second kappa shape index (κ2) is 12.0. The molecule has 0 saturated heterocycles. The summed E-state index contributed by atoms with van der Waals surface area (Å²) < 4.78 is 1.99. The molecule has 7 heteroatoms. The summed E-state index contributed by atoms with van der Waals surface area (Å²) in [6, 6.07) is 21.2. The summed E-state index contributed by atoms with van der Waals surface area (Å²) >= 11 is 0. The molecule has 0 amide bonds. The number of benzene rings is 2. The van der Waals surface area contributed by atoms with Gasteiger partial charge in [-0.15, -0.1) is 10.2 Å². The van der Waals surface area contributed by atoms with Crippen LogP contribution in [0.2, 0.25) is 0 Å². The topological polar surface area (TPSA) is 70.4 Å².